The zero-order valence-electron chi connectivity index (χ0n) is 40.8. The molecule has 3 aromatic rings. The highest BCUT2D eigenvalue weighted by Gasteiger charge is 2.53. The Bertz CT molecular complexity index is 2280. The second-order valence-electron chi connectivity index (χ2n) is 19.0. The first-order valence-electron chi connectivity index (χ1n) is 22.1. The van der Waals surface area contributed by atoms with Crippen LogP contribution in [0.25, 0.3) is 0 Å². The molecule has 6 aliphatic heterocycles. The van der Waals surface area contributed by atoms with Crippen LogP contribution < -0.4 is 0 Å². The van der Waals surface area contributed by atoms with Gasteiger partial charge in [-0.1, -0.05) is 41.5 Å². The number of Topliss-reactive ketones (excluding diaryl/α,β-unsaturated/α-hetero) is 3. The molecule has 3 aromatic carbocycles. The minimum Gasteiger partial charge on any atom is -0.294 e. The number of ketones is 3. The van der Waals surface area contributed by atoms with Gasteiger partial charge in [0.2, 0.25) is 0 Å². The minimum absolute atomic E-state index is 0.123. The van der Waals surface area contributed by atoms with Crippen LogP contribution in [-0.2, 0) is 0 Å². The monoisotopic (exact) mass is 1080 g/mol. The van der Waals surface area contributed by atoms with Gasteiger partial charge in [-0.15, -0.1) is 141 Å². The van der Waals surface area contributed by atoms with Crippen LogP contribution in [0.5, 0.6) is 0 Å². The highest BCUT2D eigenvalue weighted by molar-refractivity contribution is 8.23. The minimum atomic E-state index is -0.236. The molecule has 6 aliphatic rings. The predicted octanol–water partition coefficient (Wildman–Crippen LogP) is 19.8. The Labute approximate surface area is 435 Å². The van der Waals surface area contributed by atoms with E-state index in [-0.39, 0.29) is 53.7 Å². The van der Waals surface area contributed by atoms with Gasteiger partial charge in [0.25, 0.3) is 0 Å². The molecule has 0 unspecified atom stereocenters. The van der Waals surface area contributed by atoms with Crippen molar-refractivity contribution in [1.82, 2.24) is 0 Å². The maximum Gasteiger partial charge on any atom is 0.167 e. The zero-order valence-corrected chi connectivity index (χ0v) is 50.6. The largest absolute Gasteiger partial charge is 0.294 e. The summed E-state index contributed by atoms with van der Waals surface area (Å²) in [5.41, 5.74) is 6.57. The summed E-state index contributed by atoms with van der Waals surface area (Å²) >= 11 is 22.6. The van der Waals surface area contributed by atoms with E-state index in [2.05, 4.69) is 83.1 Å². The lowest BCUT2D eigenvalue weighted by Gasteiger charge is -2.32. The average molecular weight is 1080 g/mol. The Morgan fingerprint density at radius 3 is 0.672 bits per heavy atom. The summed E-state index contributed by atoms with van der Waals surface area (Å²) in [5.74, 6) is 0.0836. The molecule has 0 amide bonds. The predicted molar refractivity (Wildman–Crippen MR) is 297 cm³/mol. The smallest absolute Gasteiger partial charge is 0.167 e. The van der Waals surface area contributed by atoms with Crippen LogP contribution in [0.2, 0.25) is 0 Å². The summed E-state index contributed by atoms with van der Waals surface area (Å²) in [6, 6.07) is 0. The van der Waals surface area contributed by atoms with E-state index in [1.807, 2.05) is 183 Å². The van der Waals surface area contributed by atoms with E-state index < -0.39 is 0 Å². The summed E-state index contributed by atoms with van der Waals surface area (Å²) in [6.07, 6.45) is 0. The van der Waals surface area contributed by atoms with Gasteiger partial charge in [0.05, 0.1) is 24.5 Å². The van der Waals surface area contributed by atoms with E-state index >= 15 is 0 Å². The molecule has 0 saturated heterocycles. The molecule has 0 radical (unpaired) electrons. The van der Waals surface area contributed by atoms with Gasteiger partial charge in [-0.05, 0) is 114 Å². The Kier molecular flexibility index (Phi) is 15.0. The van der Waals surface area contributed by atoms with Crippen LogP contribution in [0.4, 0.5) is 0 Å². The normalized spacial score (nSPS) is 21.3. The van der Waals surface area contributed by atoms with E-state index in [1.54, 1.807) is 13.8 Å². The molecule has 6 heterocycles. The maximum absolute atomic E-state index is 14.7. The quantitative estimate of drug-likeness (QED) is 0.167. The van der Waals surface area contributed by atoms with Crippen LogP contribution in [0, 0.1) is 5.92 Å². The summed E-state index contributed by atoms with van der Waals surface area (Å²) in [6.45, 7) is 43.2. The molecular formula is C49H62O3S12. The van der Waals surface area contributed by atoms with Gasteiger partial charge in [-0.25, -0.2) is 0 Å². The first kappa shape index (κ1) is 52.7. The molecule has 15 heteroatoms. The fourth-order valence-electron chi connectivity index (χ4n) is 8.67. The number of fused-ring (bicyclic) bond motifs is 6. The summed E-state index contributed by atoms with van der Waals surface area (Å²) in [5, 5.41) is 0. The molecule has 0 bridgehead atoms. The van der Waals surface area contributed by atoms with E-state index in [9.17, 15) is 14.4 Å². The van der Waals surface area contributed by atoms with Crippen molar-refractivity contribution in [2.24, 2.45) is 5.92 Å². The number of rotatable bonds is 7. The number of carbonyl (C=O) groups is 3. The number of hydrogen-bond acceptors (Lipinski definition) is 15. The maximum atomic E-state index is 14.7. The number of benzene rings is 3. The van der Waals surface area contributed by atoms with Crippen LogP contribution in [0.1, 0.15) is 192 Å². The van der Waals surface area contributed by atoms with Gasteiger partial charge in [-0.2, -0.15) is 0 Å². The lowest BCUT2D eigenvalue weighted by molar-refractivity contribution is 0.0931. The third-order valence-corrected chi connectivity index (χ3v) is 27.7. The van der Waals surface area contributed by atoms with Crippen molar-refractivity contribution in [3.8, 4) is 0 Å². The second kappa shape index (κ2) is 18.2. The van der Waals surface area contributed by atoms with Crippen LogP contribution >= 0.6 is 141 Å². The van der Waals surface area contributed by atoms with Crippen molar-refractivity contribution in [1.29, 1.82) is 0 Å². The Morgan fingerprint density at radius 2 is 0.500 bits per heavy atom. The third kappa shape index (κ3) is 9.30. The molecule has 9 rings (SSSR count). The van der Waals surface area contributed by atoms with Crippen LogP contribution in [-0.4, -0.2) is 41.8 Å². The first-order chi connectivity index (χ1) is 29.5. The topological polar surface area (TPSA) is 51.2 Å². The van der Waals surface area contributed by atoms with E-state index in [4.69, 9.17) is 0 Å². The second-order valence-corrected chi connectivity index (χ2v) is 40.2. The molecule has 0 saturated carbocycles. The van der Waals surface area contributed by atoms with Crippen molar-refractivity contribution in [2.75, 3.05) is 0 Å². The van der Waals surface area contributed by atoms with Gasteiger partial charge in [-0.3, -0.25) is 14.4 Å². The highest BCUT2D eigenvalue weighted by atomic mass is 32.2. The highest BCUT2D eigenvalue weighted by Crippen LogP contribution is 2.75. The molecule has 0 fully saturated rings. The third-order valence-electron chi connectivity index (χ3n) is 10.6. The van der Waals surface area contributed by atoms with Crippen LogP contribution in [0.3, 0.4) is 0 Å². The van der Waals surface area contributed by atoms with Crippen LogP contribution in [0.15, 0.2) is 58.7 Å². The zero-order chi connectivity index (χ0) is 47.8. The van der Waals surface area contributed by atoms with Crippen molar-refractivity contribution in [3.05, 3.63) is 33.4 Å². The number of thioether (sulfide) groups is 12. The van der Waals surface area contributed by atoms with Crippen molar-refractivity contribution >= 4 is 158 Å². The fraction of sp³-hybridized carbons (Fsp3) is 0.571. The van der Waals surface area contributed by atoms with E-state index in [0.717, 1.165) is 46.1 Å². The molecule has 348 valence electrons. The fourth-order valence-corrected chi connectivity index (χ4v) is 26.8. The van der Waals surface area contributed by atoms with Crippen molar-refractivity contribution < 1.29 is 14.4 Å². The molecule has 0 atom stereocenters. The Balaban J connectivity index is 0.00000149. The number of hydrogen-bond donors (Lipinski definition) is 0. The summed E-state index contributed by atoms with van der Waals surface area (Å²) < 4.78 is -1.16. The van der Waals surface area contributed by atoms with Crippen molar-refractivity contribution in [2.45, 2.75) is 228 Å². The lowest BCUT2D eigenvalue weighted by Crippen LogP contribution is -2.17. The van der Waals surface area contributed by atoms with E-state index in [0.29, 0.717) is 0 Å². The van der Waals surface area contributed by atoms with Gasteiger partial charge in [0, 0.05) is 87.3 Å². The van der Waals surface area contributed by atoms with Crippen molar-refractivity contribution in [3.63, 3.8) is 0 Å². The van der Waals surface area contributed by atoms with Gasteiger partial charge >= 0.3 is 0 Å². The Hall–Kier alpha value is 0.870. The van der Waals surface area contributed by atoms with Gasteiger partial charge < -0.3 is 0 Å². The molecule has 0 N–H and O–H groups in total. The number of carbonyl (C=O) groups excluding carboxylic acids is 3. The molecule has 64 heavy (non-hydrogen) atoms. The first-order valence-corrected chi connectivity index (χ1v) is 31.9. The lowest BCUT2D eigenvalue weighted by atomic mass is 9.82. The van der Waals surface area contributed by atoms with E-state index in [1.165, 1.54) is 46.1 Å². The van der Waals surface area contributed by atoms with Gasteiger partial charge in [0.15, 0.2) is 17.3 Å². The average Bonchev–Trinajstić information content (AvgIpc) is 3.97. The molecule has 0 aliphatic carbocycles. The Morgan fingerprint density at radius 1 is 0.328 bits per heavy atom. The summed E-state index contributed by atoms with van der Waals surface area (Å²) in [7, 11) is 0. The molecule has 0 aromatic heterocycles. The van der Waals surface area contributed by atoms with Gasteiger partial charge in [0.1, 0.15) is 0 Å². The summed E-state index contributed by atoms with van der Waals surface area (Å²) in [4.78, 5) is 56.8. The molecular weight excluding hydrogens is 1020 g/mol. The SMILES string of the molecule is CC.CC.CC(=O)c1c2c(c(C(c3c4c(c(C(C)=O)c5c3SC(C)(C)S5)SC(C)(C)S4)c3c4c(c(C(=O)C(C)C)c5c3SC(C)(C)S5)SC(C)(C)S4)c3c1SC(C)(C)S3)SC(C)(C)S2. The standard InChI is InChI=1S/C45H50O3S12.2C2H6/c1-17(2)27(48)26-38-36(57-44(13,14)59-38)25(37-39(26)60-45(15,16)58-37)22(23-32-28(49-40(5,6)53-32)20(18(3)46)29-33(23)54-41(7,8)50-29)24-34-30(51-42(9,10)55-34)21(19(4)47)31-35(24)56-43(11,12)52-31;2*1-2/h17,22H,1-16H3;2*1-2H3. The molecule has 0 spiro atoms. The molecule has 3 nitrogen and oxygen atoms in total.